The second-order valence-corrected chi connectivity index (χ2v) is 5.05. The van der Waals surface area contributed by atoms with Gasteiger partial charge < -0.3 is 15.8 Å². The number of anilines is 1. The van der Waals surface area contributed by atoms with E-state index in [0.717, 1.165) is 10.0 Å². The summed E-state index contributed by atoms with van der Waals surface area (Å²) >= 11 is 3.44. The lowest BCUT2D eigenvalue weighted by Crippen LogP contribution is -2.24. The first kappa shape index (κ1) is 14.4. The fraction of sp³-hybridized carbons (Fsp3) is 0.133. The summed E-state index contributed by atoms with van der Waals surface area (Å²) in [6.07, 6.45) is 0. The van der Waals surface area contributed by atoms with Gasteiger partial charge in [0.1, 0.15) is 11.3 Å². The number of carbonyl (C=O) groups is 1. The van der Waals surface area contributed by atoms with Crippen molar-refractivity contribution in [2.24, 2.45) is 0 Å². The van der Waals surface area contributed by atoms with Crippen LogP contribution in [-0.2, 0) is 6.54 Å². The highest BCUT2D eigenvalue weighted by molar-refractivity contribution is 9.10. The predicted molar refractivity (Wildman–Crippen MR) is 82.7 cm³/mol. The number of hydrogen-bond acceptors (Lipinski definition) is 3. The zero-order valence-corrected chi connectivity index (χ0v) is 12.6. The second kappa shape index (κ2) is 6.43. The van der Waals surface area contributed by atoms with Crippen molar-refractivity contribution in [3.05, 3.63) is 58.1 Å². The number of halogens is 1. The van der Waals surface area contributed by atoms with Gasteiger partial charge in [-0.15, -0.1) is 0 Å². The van der Waals surface area contributed by atoms with Gasteiger partial charge in [0.15, 0.2) is 0 Å². The number of nitrogens with one attached hydrogen (secondary N) is 1. The second-order valence-electron chi connectivity index (χ2n) is 4.20. The van der Waals surface area contributed by atoms with Gasteiger partial charge in [-0.2, -0.15) is 0 Å². The van der Waals surface area contributed by atoms with E-state index in [2.05, 4.69) is 21.2 Å². The molecule has 0 aliphatic rings. The van der Waals surface area contributed by atoms with E-state index in [9.17, 15) is 4.79 Å². The lowest BCUT2D eigenvalue weighted by molar-refractivity contribution is 0.0949. The SMILES string of the molecule is COc1cccc(N)c1C(=O)NCc1ccccc1Br. The molecule has 5 heteroatoms. The average molecular weight is 335 g/mol. The van der Waals surface area contributed by atoms with E-state index in [4.69, 9.17) is 10.5 Å². The molecule has 0 aromatic heterocycles. The molecule has 0 heterocycles. The maximum atomic E-state index is 12.2. The molecule has 3 N–H and O–H groups in total. The Morgan fingerprint density at radius 2 is 2.00 bits per heavy atom. The van der Waals surface area contributed by atoms with Crippen LogP contribution in [0.4, 0.5) is 5.69 Å². The van der Waals surface area contributed by atoms with Crippen molar-refractivity contribution >= 4 is 27.5 Å². The number of benzene rings is 2. The number of carbonyl (C=O) groups excluding carboxylic acids is 1. The van der Waals surface area contributed by atoms with Gasteiger partial charge in [0, 0.05) is 16.7 Å². The number of ether oxygens (including phenoxy) is 1. The third kappa shape index (κ3) is 3.11. The smallest absolute Gasteiger partial charge is 0.257 e. The van der Waals surface area contributed by atoms with Crippen LogP contribution in [0.2, 0.25) is 0 Å². The molecule has 2 aromatic carbocycles. The molecule has 104 valence electrons. The molecule has 0 unspecified atom stereocenters. The Kier molecular flexibility index (Phi) is 4.63. The summed E-state index contributed by atoms with van der Waals surface area (Å²) in [5.41, 5.74) is 7.60. The van der Waals surface area contributed by atoms with Gasteiger partial charge in [-0.3, -0.25) is 4.79 Å². The Bertz CT molecular complexity index is 629. The Hall–Kier alpha value is -2.01. The molecule has 1 amide bonds. The molecule has 0 fully saturated rings. The number of methoxy groups -OCH3 is 1. The van der Waals surface area contributed by atoms with Gasteiger partial charge in [0.2, 0.25) is 0 Å². The van der Waals surface area contributed by atoms with E-state index in [1.54, 1.807) is 18.2 Å². The topological polar surface area (TPSA) is 64.3 Å². The molecule has 2 rings (SSSR count). The molecule has 20 heavy (non-hydrogen) atoms. The molecule has 4 nitrogen and oxygen atoms in total. The van der Waals surface area contributed by atoms with Crippen molar-refractivity contribution in [2.75, 3.05) is 12.8 Å². The van der Waals surface area contributed by atoms with Gasteiger partial charge in [0.25, 0.3) is 5.91 Å². The van der Waals surface area contributed by atoms with E-state index in [0.29, 0.717) is 23.5 Å². The van der Waals surface area contributed by atoms with Crippen molar-refractivity contribution in [3.63, 3.8) is 0 Å². The molecular formula is C15H15BrN2O2. The highest BCUT2D eigenvalue weighted by Gasteiger charge is 2.15. The Morgan fingerprint density at radius 1 is 1.25 bits per heavy atom. The lowest BCUT2D eigenvalue weighted by atomic mass is 10.1. The lowest BCUT2D eigenvalue weighted by Gasteiger charge is -2.12. The van der Waals surface area contributed by atoms with Gasteiger partial charge in [-0.1, -0.05) is 40.2 Å². The highest BCUT2D eigenvalue weighted by atomic mass is 79.9. The van der Waals surface area contributed by atoms with Crippen molar-refractivity contribution in [1.29, 1.82) is 0 Å². The predicted octanol–water partition coefficient (Wildman–Crippen LogP) is 2.97. The van der Waals surface area contributed by atoms with Crippen LogP contribution in [0.1, 0.15) is 15.9 Å². The van der Waals surface area contributed by atoms with Crippen molar-refractivity contribution in [1.82, 2.24) is 5.32 Å². The van der Waals surface area contributed by atoms with E-state index in [-0.39, 0.29) is 5.91 Å². The summed E-state index contributed by atoms with van der Waals surface area (Å²) in [7, 11) is 1.51. The standard InChI is InChI=1S/C15H15BrN2O2/c1-20-13-8-4-7-12(17)14(13)15(19)18-9-10-5-2-3-6-11(10)16/h2-8H,9,17H2,1H3,(H,18,19). The molecule has 0 saturated heterocycles. The highest BCUT2D eigenvalue weighted by Crippen LogP contribution is 2.24. The van der Waals surface area contributed by atoms with E-state index < -0.39 is 0 Å². The summed E-state index contributed by atoms with van der Waals surface area (Å²) in [5.74, 6) is 0.213. The van der Waals surface area contributed by atoms with Crippen LogP contribution in [0.5, 0.6) is 5.75 Å². The number of nitrogens with two attached hydrogens (primary N) is 1. The van der Waals surface area contributed by atoms with Gasteiger partial charge in [0.05, 0.1) is 7.11 Å². The summed E-state index contributed by atoms with van der Waals surface area (Å²) in [4.78, 5) is 12.2. The maximum Gasteiger partial charge on any atom is 0.257 e. The summed E-state index contributed by atoms with van der Waals surface area (Å²) in [6, 6.07) is 12.9. The molecule has 0 radical (unpaired) electrons. The molecule has 0 aliphatic carbocycles. The number of hydrogen-bond donors (Lipinski definition) is 2. The quantitative estimate of drug-likeness (QED) is 0.845. The van der Waals surface area contributed by atoms with Crippen LogP contribution < -0.4 is 15.8 Å². The first-order valence-corrected chi connectivity index (χ1v) is 6.87. The molecule has 2 aromatic rings. The van der Waals surface area contributed by atoms with Crippen LogP contribution in [-0.4, -0.2) is 13.0 Å². The van der Waals surface area contributed by atoms with Crippen LogP contribution >= 0.6 is 15.9 Å². The molecule has 0 atom stereocenters. The summed E-state index contributed by atoms with van der Waals surface area (Å²) < 4.78 is 6.13. The summed E-state index contributed by atoms with van der Waals surface area (Å²) in [6.45, 7) is 0.414. The molecule has 0 aliphatic heterocycles. The van der Waals surface area contributed by atoms with Crippen molar-refractivity contribution < 1.29 is 9.53 Å². The van der Waals surface area contributed by atoms with Gasteiger partial charge >= 0.3 is 0 Å². The fourth-order valence-corrected chi connectivity index (χ4v) is 2.29. The van der Waals surface area contributed by atoms with Crippen molar-refractivity contribution in [2.45, 2.75) is 6.54 Å². The van der Waals surface area contributed by atoms with Crippen molar-refractivity contribution in [3.8, 4) is 5.75 Å². The number of amides is 1. The van der Waals surface area contributed by atoms with Crippen LogP contribution in [0.15, 0.2) is 46.9 Å². The minimum Gasteiger partial charge on any atom is -0.496 e. The largest absolute Gasteiger partial charge is 0.496 e. The van der Waals surface area contributed by atoms with Gasteiger partial charge in [-0.05, 0) is 23.8 Å². The van der Waals surface area contributed by atoms with Gasteiger partial charge in [-0.25, -0.2) is 0 Å². The Labute approximate surface area is 126 Å². The first-order valence-electron chi connectivity index (χ1n) is 6.07. The zero-order valence-electron chi connectivity index (χ0n) is 11.0. The van der Waals surface area contributed by atoms with Crippen LogP contribution in [0, 0.1) is 0 Å². The van der Waals surface area contributed by atoms with E-state index in [1.807, 2.05) is 24.3 Å². The molecule has 0 spiro atoms. The minimum absolute atomic E-state index is 0.254. The molecule has 0 saturated carbocycles. The average Bonchev–Trinajstić information content (AvgIpc) is 2.45. The first-order chi connectivity index (χ1) is 9.63. The molecular weight excluding hydrogens is 320 g/mol. The number of nitrogen functional groups attached to an aromatic ring is 1. The van der Waals surface area contributed by atoms with E-state index in [1.165, 1.54) is 7.11 Å². The monoisotopic (exact) mass is 334 g/mol. The Balaban J connectivity index is 2.15. The summed E-state index contributed by atoms with van der Waals surface area (Å²) in [5, 5.41) is 2.84. The maximum absolute atomic E-state index is 12.2. The Morgan fingerprint density at radius 3 is 2.70 bits per heavy atom. The van der Waals surface area contributed by atoms with E-state index >= 15 is 0 Å². The normalized spacial score (nSPS) is 10.1. The molecule has 0 bridgehead atoms. The number of rotatable bonds is 4. The third-order valence-electron chi connectivity index (χ3n) is 2.90. The van der Waals surface area contributed by atoms with Crippen LogP contribution in [0.25, 0.3) is 0 Å². The fourth-order valence-electron chi connectivity index (χ4n) is 1.87. The zero-order chi connectivity index (χ0) is 14.5. The van der Waals surface area contributed by atoms with Crippen LogP contribution in [0.3, 0.4) is 0 Å². The minimum atomic E-state index is -0.254. The third-order valence-corrected chi connectivity index (χ3v) is 3.68.